The summed E-state index contributed by atoms with van der Waals surface area (Å²) >= 11 is 1.53. The highest BCUT2D eigenvalue weighted by molar-refractivity contribution is 7.07. The number of amides is 2. The SMILES string of the molecule is C[C@H](NC(=O)[C@@H](N)Cc1ccsc1)C(=O)N1CCC[C@H]1C(=O)O. The van der Waals surface area contributed by atoms with Crippen LogP contribution in [-0.4, -0.2) is 52.5 Å². The summed E-state index contributed by atoms with van der Waals surface area (Å²) < 4.78 is 0. The quantitative estimate of drug-likeness (QED) is 0.685. The number of nitrogens with two attached hydrogens (primary N) is 1. The Bertz CT molecular complexity index is 575. The van der Waals surface area contributed by atoms with Crippen LogP contribution < -0.4 is 11.1 Å². The minimum absolute atomic E-state index is 0.383. The summed E-state index contributed by atoms with van der Waals surface area (Å²) in [5, 5.41) is 15.5. The van der Waals surface area contributed by atoms with Crippen LogP contribution in [0.1, 0.15) is 25.3 Å². The van der Waals surface area contributed by atoms with Gasteiger partial charge in [0.15, 0.2) is 0 Å². The highest BCUT2D eigenvalue weighted by atomic mass is 32.1. The molecule has 0 aromatic carbocycles. The Labute approximate surface area is 138 Å². The summed E-state index contributed by atoms with van der Waals surface area (Å²) in [5.74, 6) is -1.81. The van der Waals surface area contributed by atoms with E-state index >= 15 is 0 Å². The highest BCUT2D eigenvalue weighted by Gasteiger charge is 2.36. The highest BCUT2D eigenvalue weighted by Crippen LogP contribution is 2.18. The number of aliphatic carboxylic acids is 1. The fourth-order valence-corrected chi connectivity index (χ4v) is 3.36. The number of carbonyl (C=O) groups is 3. The van der Waals surface area contributed by atoms with Crippen molar-refractivity contribution >= 4 is 29.1 Å². The molecule has 0 aliphatic carbocycles. The number of nitrogens with zero attached hydrogens (tertiary/aromatic N) is 1. The average Bonchev–Trinajstić information content (AvgIpc) is 3.17. The molecule has 126 valence electrons. The van der Waals surface area contributed by atoms with E-state index in [-0.39, 0.29) is 5.91 Å². The van der Waals surface area contributed by atoms with E-state index in [9.17, 15) is 14.4 Å². The monoisotopic (exact) mass is 339 g/mol. The number of carbonyl (C=O) groups excluding carboxylic acids is 2. The molecule has 0 bridgehead atoms. The molecule has 1 aromatic rings. The number of rotatable bonds is 6. The number of nitrogens with one attached hydrogen (secondary N) is 1. The molecule has 23 heavy (non-hydrogen) atoms. The molecule has 0 radical (unpaired) electrons. The van der Waals surface area contributed by atoms with Crippen molar-refractivity contribution in [2.24, 2.45) is 5.73 Å². The van der Waals surface area contributed by atoms with Crippen LogP contribution in [0.5, 0.6) is 0 Å². The zero-order valence-electron chi connectivity index (χ0n) is 12.9. The van der Waals surface area contributed by atoms with Crippen molar-refractivity contribution in [2.45, 2.75) is 44.3 Å². The van der Waals surface area contributed by atoms with E-state index < -0.39 is 30.0 Å². The molecule has 0 saturated carbocycles. The Balaban J connectivity index is 1.89. The van der Waals surface area contributed by atoms with Crippen molar-refractivity contribution in [3.8, 4) is 0 Å². The number of hydrogen-bond donors (Lipinski definition) is 3. The molecule has 1 aromatic heterocycles. The van der Waals surface area contributed by atoms with Gasteiger partial charge in [0, 0.05) is 6.54 Å². The second-order valence-electron chi connectivity index (χ2n) is 5.70. The maximum Gasteiger partial charge on any atom is 0.326 e. The molecule has 8 heteroatoms. The third kappa shape index (κ3) is 4.29. The van der Waals surface area contributed by atoms with Gasteiger partial charge >= 0.3 is 5.97 Å². The molecule has 3 atom stereocenters. The molecule has 4 N–H and O–H groups in total. The van der Waals surface area contributed by atoms with Gasteiger partial charge in [0.2, 0.25) is 11.8 Å². The van der Waals surface area contributed by atoms with Crippen LogP contribution >= 0.6 is 11.3 Å². The molecule has 0 spiro atoms. The Kier molecular flexibility index (Phi) is 5.73. The number of hydrogen-bond acceptors (Lipinski definition) is 5. The average molecular weight is 339 g/mol. The van der Waals surface area contributed by atoms with Gasteiger partial charge in [-0.1, -0.05) is 0 Å². The summed E-state index contributed by atoms with van der Waals surface area (Å²) in [4.78, 5) is 36.9. The lowest BCUT2D eigenvalue weighted by molar-refractivity contribution is -0.149. The maximum absolute atomic E-state index is 12.3. The first kappa shape index (κ1) is 17.4. The van der Waals surface area contributed by atoms with Gasteiger partial charge in [0.25, 0.3) is 0 Å². The van der Waals surface area contributed by atoms with Crippen LogP contribution in [0.15, 0.2) is 16.8 Å². The second-order valence-corrected chi connectivity index (χ2v) is 6.48. The molecule has 1 aliphatic heterocycles. The van der Waals surface area contributed by atoms with Gasteiger partial charge in [-0.05, 0) is 48.6 Å². The molecule has 1 fully saturated rings. The third-order valence-corrected chi connectivity index (χ3v) is 4.65. The van der Waals surface area contributed by atoms with E-state index in [2.05, 4.69) is 5.32 Å². The first-order valence-corrected chi connectivity index (χ1v) is 8.44. The van der Waals surface area contributed by atoms with Crippen LogP contribution in [0.4, 0.5) is 0 Å². The van der Waals surface area contributed by atoms with Gasteiger partial charge in [0.05, 0.1) is 6.04 Å². The van der Waals surface area contributed by atoms with Crippen LogP contribution in [0.25, 0.3) is 0 Å². The van der Waals surface area contributed by atoms with Crippen molar-refractivity contribution in [2.75, 3.05) is 6.54 Å². The van der Waals surface area contributed by atoms with Gasteiger partial charge in [0.1, 0.15) is 12.1 Å². The summed E-state index contributed by atoms with van der Waals surface area (Å²) in [6.45, 7) is 1.95. The number of likely N-dealkylation sites (tertiary alicyclic amines) is 1. The van der Waals surface area contributed by atoms with Crippen molar-refractivity contribution < 1.29 is 19.5 Å². The Morgan fingerprint density at radius 1 is 1.52 bits per heavy atom. The van der Waals surface area contributed by atoms with Crippen molar-refractivity contribution in [3.63, 3.8) is 0 Å². The van der Waals surface area contributed by atoms with Gasteiger partial charge in [-0.2, -0.15) is 11.3 Å². The predicted octanol–water partition coefficient (Wildman–Crippen LogP) is 0.198. The van der Waals surface area contributed by atoms with Crippen molar-refractivity contribution in [1.82, 2.24) is 10.2 Å². The molecular weight excluding hydrogens is 318 g/mol. The minimum Gasteiger partial charge on any atom is -0.480 e. The van der Waals surface area contributed by atoms with E-state index in [0.29, 0.717) is 25.8 Å². The van der Waals surface area contributed by atoms with Crippen molar-refractivity contribution in [1.29, 1.82) is 0 Å². The van der Waals surface area contributed by atoms with Crippen LogP contribution in [-0.2, 0) is 20.8 Å². The lowest BCUT2D eigenvalue weighted by Crippen LogP contribution is -2.53. The number of carboxylic acids is 1. The molecule has 0 unspecified atom stereocenters. The first-order valence-electron chi connectivity index (χ1n) is 7.50. The summed E-state index contributed by atoms with van der Waals surface area (Å²) in [6.07, 6.45) is 1.50. The minimum atomic E-state index is -1.01. The zero-order valence-corrected chi connectivity index (χ0v) is 13.7. The normalized spacial score (nSPS) is 20.1. The second kappa shape index (κ2) is 7.56. The molecule has 1 aliphatic rings. The van der Waals surface area contributed by atoms with Gasteiger partial charge in [-0.15, -0.1) is 0 Å². The molecule has 2 amide bonds. The van der Waals surface area contributed by atoms with E-state index in [1.165, 1.54) is 16.2 Å². The van der Waals surface area contributed by atoms with Crippen LogP contribution in [0.3, 0.4) is 0 Å². The van der Waals surface area contributed by atoms with Gasteiger partial charge in [-0.3, -0.25) is 9.59 Å². The summed E-state index contributed by atoms with van der Waals surface area (Å²) in [7, 11) is 0. The topological polar surface area (TPSA) is 113 Å². The third-order valence-electron chi connectivity index (χ3n) is 3.92. The number of thiophene rings is 1. The molecule has 1 saturated heterocycles. The fraction of sp³-hybridized carbons (Fsp3) is 0.533. The standard InChI is InChI=1S/C15H21N3O4S/c1-9(14(20)18-5-2-3-12(18)15(21)22)17-13(19)11(16)7-10-4-6-23-8-10/h4,6,8-9,11-12H,2-3,5,7,16H2,1H3,(H,17,19)(H,21,22)/t9-,11-,12-/m0/s1. The first-order chi connectivity index (χ1) is 10.9. The lowest BCUT2D eigenvalue weighted by atomic mass is 10.1. The molecule has 2 heterocycles. The van der Waals surface area contributed by atoms with Crippen LogP contribution in [0.2, 0.25) is 0 Å². The van der Waals surface area contributed by atoms with E-state index in [1.54, 1.807) is 6.92 Å². The van der Waals surface area contributed by atoms with E-state index in [1.807, 2.05) is 16.8 Å². The van der Waals surface area contributed by atoms with Gasteiger partial charge in [-0.25, -0.2) is 4.79 Å². The summed E-state index contributed by atoms with van der Waals surface area (Å²) in [6, 6.07) is -0.445. The predicted molar refractivity (Wildman–Crippen MR) is 86.0 cm³/mol. The fourth-order valence-electron chi connectivity index (χ4n) is 2.67. The van der Waals surface area contributed by atoms with E-state index in [0.717, 1.165) is 5.56 Å². The van der Waals surface area contributed by atoms with Gasteiger partial charge < -0.3 is 21.1 Å². The molecule has 7 nitrogen and oxygen atoms in total. The molecular formula is C15H21N3O4S. The molecule has 2 rings (SSSR count). The number of carboxylic acid groups (broad SMARTS) is 1. The summed E-state index contributed by atoms with van der Waals surface area (Å²) in [5.41, 5.74) is 6.83. The lowest BCUT2D eigenvalue weighted by Gasteiger charge is -2.26. The van der Waals surface area contributed by atoms with Crippen molar-refractivity contribution in [3.05, 3.63) is 22.4 Å². The van der Waals surface area contributed by atoms with E-state index in [4.69, 9.17) is 10.8 Å². The Hall–Kier alpha value is -1.93. The Morgan fingerprint density at radius 2 is 2.26 bits per heavy atom. The Morgan fingerprint density at radius 3 is 2.87 bits per heavy atom. The van der Waals surface area contributed by atoms with Crippen LogP contribution in [0, 0.1) is 0 Å². The maximum atomic E-state index is 12.3. The largest absolute Gasteiger partial charge is 0.480 e. The zero-order chi connectivity index (χ0) is 17.0. The smallest absolute Gasteiger partial charge is 0.326 e.